The highest BCUT2D eigenvalue weighted by atomic mass is 35.5. The van der Waals surface area contributed by atoms with Gasteiger partial charge in [0.05, 0.1) is 30.2 Å². The van der Waals surface area contributed by atoms with E-state index in [9.17, 15) is 18.0 Å². The lowest BCUT2D eigenvalue weighted by Gasteiger charge is -2.24. The summed E-state index contributed by atoms with van der Waals surface area (Å²) < 4.78 is 37.2. The SMILES string of the molecule is COC(=O)c1ccc(C(=O)OC)c(S(=O)(=O)NC2CCNCC2)c1.Cl. The van der Waals surface area contributed by atoms with Crippen LogP contribution in [-0.4, -0.2) is 53.7 Å². The first-order valence-electron chi connectivity index (χ1n) is 7.42. The van der Waals surface area contributed by atoms with Gasteiger partial charge >= 0.3 is 11.9 Å². The first kappa shape index (κ1) is 21.4. The number of esters is 2. The number of carbonyl (C=O) groups excluding carboxylic acids is 2. The first-order valence-corrected chi connectivity index (χ1v) is 8.91. The van der Waals surface area contributed by atoms with Gasteiger partial charge in [-0.25, -0.2) is 22.7 Å². The third kappa shape index (κ3) is 5.15. The Bertz CT molecular complexity index is 732. The van der Waals surface area contributed by atoms with Crippen molar-refractivity contribution in [2.75, 3.05) is 27.3 Å². The summed E-state index contributed by atoms with van der Waals surface area (Å²) >= 11 is 0. The van der Waals surface area contributed by atoms with E-state index in [2.05, 4.69) is 19.5 Å². The number of sulfonamides is 1. The topological polar surface area (TPSA) is 111 Å². The molecule has 1 aromatic carbocycles. The quantitative estimate of drug-likeness (QED) is 0.710. The van der Waals surface area contributed by atoms with E-state index >= 15 is 0 Å². The predicted octanol–water partition coefficient (Wildman–Crippen LogP) is 0.712. The molecule has 0 aromatic heterocycles. The second-order valence-electron chi connectivity index (χ2n) is 5.34. The summed E-state index contributed by atoms with van der Waals surface area (Å²) in [7, 11) is -1.64. The average molecular weight is 393 g/mol. The average Bonchev–Trinajstić information content (AvgIpc) is 2.60. The fraction of sp³-hybridized carbons (Fsp3) is 0.467. The number of hydrogen-bond acceptors (Lipinski definition) is 7. The normalized spacial score (nSPS) is 15.1. The van der Waals surface area contributed by atoms with E-state index in [0.29, 0.717) is 25.9 Å². The maximum absolute atomic E-state index is 12.7. The lowest BCUT2D eigenvalue weighted by atomic mass is 10.1. The van der Waals surface area contributed by atoms with Crippen molar-refractivity contribution >= 4 is 34.4 Å². The van der Waals surface area contributed by atoms with E-state index in [1.807, 2.05) is 0 Å². The largest absolute Gasteiger partial charge is 0.465 e. The molecule has 10 heteroatoms. The molecule has 25 heavy (non-hydrogen) atoms. The number of benzene rings is 1. The van der Waals surface area contributed by atoms with Gasteiger partial charge in [0.1, 0.15) is 0 Å². The lowest BCUT2D eigenvalue weighted by molar-refractivity contribution is 0.0583. The molecule has 0 bridgehead atoms. The van der Waals surface area contributed by atoms with Crippen molar-refractivity contribution in [2.45, 2.75) is 23.8 Å². The van der Waals surface area contributed by atoms with Crippen LogP contribution < -0.4 is 10.0 Å². The third-order valence-electron chi connectivity index (χ3n) is 3.76. The van der Waals surface area contributed by atoms with Crippen LogP contribution in [0.3, 0.4) is 0 Å². The van der Waals surface area contributed by atoms with E-state index in [-0.39, 0.29) is 34.5 Å². The van der Waals surface area contributed by atoms with E-state index in [4.69, 9.17) is 0 Å². The van der Waals surface area contributed by atoms with Crippen LogP contribution in [0.25, 0.3) is 0 Å². The Morgan fingerprint density at radius 2 is 1.72 bits per heavy atom. The van der Waals surface area contributed by atoms with Gasteiger partial charge in [0.2, 0.25) is 10.0 Å². The van der Waals surface area contributed by atoms with Crippen molar-refractivity contribution in [1.29, 1.82) is 0 Å². The van der Waals surface area contributed by atoms with Gasteiger partial charge in [-0.15, -0.1) is 12.4 Å². The summed E-state index contributed by atoms with van der Waals surface area (Å²) in [6, 6.07) is 3.46. The number of nitrogens with one attached hydrogen (secondary N) is 2. The van der Waals surface area contributed by atoms with E-state index in [0.717, 1.165) is 13.2 Å². The summed E-state index contributed by atoms with van der Waals surface area (Å²) in [5, 5.41) is 3.14. The molecule has 1 fully saturated rings. The Balaban J connectivity index is 0.00000312. The monoisotopic (exact) mass is 392 g/mol. The summed E-state index contributed by atoms with van der Waals surface area (Å²) in [5.41, 5.74) is -0.0950. The van der Waals surface area contributed by atoms with E-state index in [1.54, 1.807) is 0 Å². The molecule has 0 spiro atoms. The van der Waals surface area contributed by atoms with Crippen molar-refractivity contribution < 1.29 is 27.5 Å². The number of methoxy groups -OCH3 is 2. The second kappa shape index (κ2) is 9.14. The molecule has 1 aliphatic rings. The number of carbonyl (C=O) groups is 2. The molecule has 1 heterocycles. The van der Waals surface area contributed by atoms with Crippen LogP contribution in [0.1, 0.15) is 33.6 Å². The van der Waals surface area contributed by atoms with Crippen LogP contribution in [0.15, 0.2) is 23.1 Å². The maximum Gasteiger partial charge on any atom is 0.339 e. The summed E-state index contributed by atoms with van der Waals surface area (Å²) in [6.45, 7) is 1.42. The van der Waals surface area contributed by atoms with Crippen molar-refractivity contribution in [2.24, 2.45) is 0 Å². The number of piperidine rings is 1. The molecule has 0 atom stereocenters. The molecule has 1 aromatic rings. The van der Waals surface area contributed by atoms with Crippen molar-refractivity contribution in [3.8, 4) is 0 Å². The lowest BCUT2D eigenvalue weighted by Crippen LogP contribution is -2.43. The number of ether oxygens (including phenoxy) is 2. The zero-order valence-corrected chi connectivity index (χ0v) is 15.5. The summed E-state index contributed by atoms with van der Waals surface area (Å²) in [4.78, 5) is 23.3. The highest BCUT2D eigenvalue weighted by molar-refractivity contribution is 7.89. The molecule has 0 radical (unpaired) electrons. The molecule has 1 aliphatic heterocycles. The molecule has 2 rings (SSSR count). The summed E-state index contributed by atoms with van der Waals surface area (Å²) in [5.74, 6) is -1.48. The highest BCUT2D eigenvalue weighted by Gasteiger charge is 2.28. The van der Waals surface area contributed by atoms with Gasteiger partial charge in [-0.3, -0.25) is 0 Å². The van der Waals surface area contributed by atoms with Crippen LogP contribution in [-0.2, 0) is 19.5 Å². The van der Waals surface area contributed by atoms with Gasteiger partial charge in [0, 0.05) is 6.04 Å². The predicted molar refractivity (Wildman–Crippen MR) is 92.6 cm³/mol. The zero-order chi connectivity index (χ0) is 17.7. The second-order valence-corrected chi connectivity index (χ2v) is 7.02. The molecule has 0 aliphatic carbocycles. The van der Waals surface area contributed by atoms with Gasteiger partial charge < -0.3 is 14.8 Å². The first-order chi connectivity index (χ1) is 11.4. The van der Waals surface area contributed by atoms with Crippen LogP contribution in [0.5, 0.6) is 0 Å². The molecule has 1 saturated heterocycles. The van der Waals surface area contributed by atoms with Crippen LogP contribution in [0.4, 0.5) is 0 Å². The Kier molecular flexibility index (Phi) is 7.81. The van der Waals surface area contributed by atoms with E-state index in [1.165, 1.54) is 19.2 Å². The molecule has 0 saturated carbocycles. The standard InChI is InChI=1S/C15H20N2O6S.ClH/c1-22-14(18)10-3-4-12(15(19)23-2)13(9-10)24(20,21)17-11-5-7-16-8-6-11;/h3-4,9,11,16-17H,5-8H2,1-2H3;1H. The van der Waals surface area contributed by atoms with Gasteiger partial charge in [-0.05, 0) is 44.1 Å². The number of rotatable bonds is 5. The molecular formula is C15H21ClN2O6S. The molecule has 2 N–H and O–H groups in total. The Hall–Kier alpha value is -1.68. The smallest absolute Gasteiger partial charge is 0.339 e. The van der Waals surface area contributed by atoms with E-state index < -0.39 is 22.0 Å². The molecule has 0 amide bonds. The van der Waals surface area contributed by atoms with Gasteiger partial charge in [0.25, 0.3) is 0 Å². The Morgan fingerprint density at radius 1 is 1.12 bits per heavy atom. The minimum absolute atomic E-state index is 0. The van der Waals surface area contributed by atoms with Crippen LogP contribution >= 0.6 is 12.4 Å². The molecular weight excluding hydrogens is 372 g/mol. The zero-order valence-electron chi connectivity index (χ0n) is 13.9. The fourth-order valence-corrected chi connectivity index (χ4v) is 4.02. The van der Waals surface area contributed by atoms with Gasteiger partial charge in [0.15, 0.2) is 0 Å². The summed E-state index contributed by atoms with van der Waals surface area (Å²) in [6.07, 6.45) is 1.28. The van der Waals surface area contributed by atoms with Gasteiger partial charge in [-0.1, -0.05) is 0 Å². The van der Waals surface area contributed by atoms with Crippen LogP contribution in [0.2, 0.25) is 0 Å². The maximum atomic E-state index is 12.7. The van der Waals surface area contributed by atoms with Crippen molar-refractivity contribution in [3.05, 3.63) is 29.3 Å². The highest BCUT2D eigenvalue weighted by Crippen LogP contribution is 2.21. The van der Waals surface area contributed by atoms with Gasteiger partial charge in [-0.2, -0.15) is 0 Å². The minimum Gasteiger partial charge on any atom is -0.465 e. The number of halogens is 1. The molecule has 0 unspecified atom stereocenters. The Labute approximate surface area is 152 Å². The minimum atomic E-state index is -4.00. The fourth-order valence-electron chi connectivity index (χ4n) is 2.49. The number of hydrogen-bond donors (Lipinski definition) is 2. The molecule has 140 valence electrons. The van der Waals surface area contributed by atoms with Crippen molar-refractivity contribution in [3.63, 3.8) is 0 Å². The van der Waals surface area contributed by atoms with Crippen LogP contribution in [0, 0.1) is 0 Å². The Morgan fingerprint density at radius 3 is 2.28 bits per heavy atom. The molecule has 8 nitrogen and oxygen atoms in total. The van der Waals surface area contributed by atoms with Crippen molar-refractivity contribution in [1.82, 2.24) is 10.0 Å². The third-order valence-corrected chi connectivity index (χ3v) is 5.32.